The van der Waals surface area contributed by atoms with Crippen LogP contribution in [0, 0.1) is 18.7 Å². The van der Waals surface area contributed by atoms with E-state index in [0.29, 0.717) is 31.4 Å². The SMILES string of the molecule is Cc1ccc(-c2ccc(S(=O)(=O)N[C@H]3CC[C@H](C(=O)N[C@H](C)c4ccc(F)cc4)CC3)cn2)cn1. The van der Waals surface area contributed by atoms with Crippen LogP contribution in [0.15, 0.2) is 65.8 Å². The summed E-state index contributed by atoms with van der Waals surface area (Å²) >= 11 is 0. The number of benzene rings is 1. The molecule has 0 unspecified atom stereocenters. The topological polar surface area (TPSA) is 101 Å². The Morgan fingerprint density at radius 1 is 0.971 bits per heavy atom. The van der Waals surface area contributed by atoms with E-state index in [1.807, 2.05) is 26.0 Å². The Balaban J connectivity index is 1.30. The van der Waals surface area contributed by atoms with Crippen LogP contribution >= 0.6 is 0 Å². The van der Waals surface area contributed by atoms with Crippen LogP contribution in [0.25, 0.3) is 11.3 Å². The molecule has 0 saturated heterocycles. The molecule has 1 aromatic carbocycles. The number of nitrogens with zero attached hydrogens (tertiary/aromatic N) is 2. The molecule has 0 aliphatic heterocycles. The fraction of sp³-hybridized carbons (Fsp3) is 0.346. The summed E-state index contributed by atoms with van der Waals surface area (Å²) in [4.78, 5) is 21.3. The Morgan fingerprint density at radius 3 is 2.29 bits per heavy atom. The van der Waals surface area contributed by atoms with E-state index in [0.717, 1.165) is 16.8 Å². The predicted octanol–water partition coefficient (Wildman–Crippen LogP) is 4.31. The quantitative estimate of drug-likeness (QED) is 0.508. The third kappa shape index (κ3) is 6.29. The molecule has 2 aromatic heterocycles. The number of hydrogen-bond donors (Lipinski definition) is 2. The first-order valence-electron chi connectivity index (χ1n) is 11.7. The van der Waals surface area contributed by atoms with Gasteiger partial charge in [-0.25, -0.2) is 17.5 Å². The molecule has 35 heavy (non-hydrogen) atoms. The minimum absolute atomic E-state index is 0.0616. The highest BCUT2D eigenvalue weighted by Crippen LogP contribution is 2.27. The molecule has 1 amide bonds. The minimum atomic E-state index is -3.72. The average Bonchev–Trinajstić information content (AvgIpc) is 2.85. The molecule has 7 nitrogen and oxygen atoms in total. The van der Waals surface area contributed by atoms with Crippen LogP contribution in [-0.2, 0) is 14.8 Å². The zero-order chi connectivity index (χ0) is 25.0. The molecule has 1 fully saturated rings. The number of carbonyl (C=O) groups is 1. The Kier molecular flexibility index (Phi) is 7.57. The van der Waals surface area contributed by atoms with E-state index in [1.165, 1.54) is 18.3 Å². The Morgan fingerprint density at radius 2 is 1.69 bits per heavy atom. The molecule has 3 aromatic rings. The normalized spacial score (nSPS) is 19.2. The van der Waals surface area contributed by atoms with Crippen molar-refractivity contribution in [1.82, 2.24) is 20.0 Å². The molecular formula is C26H29FN4O3S. The van der Waals surface area contributed by atoms with Gasteiger partial charge < -0.3 is 5.32 Å². The van der Waals surface area contributed by atoms with Gasteiger partial charge in [0, 0.05) is 35.6 Å². The van der Waals surface area contributed by atoms with Crippen molar-refractivity contribution >= 4 is 15.9 Å². The summed E-state index contributed by atoms with van der Waals surface area (Å²) in [6, 6.07) is 12.6. The van der Waals surface area contributed by atoms with Gasteiger partial charge in [-0.05, 0) is 81.5 Å². The van der Waals surface area contributed by atoms with Gasteiger partial charge in [-0.3, -0.25) is 14.8 Å². The van der Waals surface area contributed by atoms with Crippen molar-refractivity contribution in [2.75, 3.05) is 0 Å². The van der Waals surface area contributed by atoms with Crippen molar-refractivity contribution in [3.8, 4) is 11.3 Å². The monoisotopic (exact) mass is 496 g/mol. The maximum absolute atomic E-state index is 13.1. The summed E-state index contributed by atoms with van der Waals surface area (Å²) in [5, 5.41) is 2.98. The maximum Gasteiger partial charge on any atom is 0.242 e. The van der Waals surface area contributed by atoms with Gasteiger partial charge >= 0.3 is 0 Å². The van der Waals surface area contributed by atoms with Crippen LogP contribution in [0.3, 0.4) is 0 Å². The summed E-state index contributed by atoms with van der Waals surface area (Å²) in [5.41, 5.74) is 3.20. The Bertz CT molecular complexity index is 1260. The molecular weight excluding hydrogens is 467 g/mol. The van der Waals surface area contributed by atoms with Gasteiger partial charge in [-0.15, -0.1) is 0 Å². The molecule has 0 spiro atoms. The number of halogens is 1. The van der Waals surface area contributed by atoms with Crippen LogP contribution in [-0.4, -0.2) is 30.3 Å². The Labute approximate surface area is 205 Å². The fourth-order valence-corrected chi connectivity index (χ4v) is 5.51. The summed E-state index contributed by atoms with van der Waals surface area (Å²) in [5.74, 6) is -0.556. The van der Waals surface area contributed by atoms with Gasteiger partial charge in [0.05, 0.1) is 11.7 Å². The highest BCUT2D eigenvalue weighted by molar-refractivity contribution is 7.89. The lowest BCUT2D eigenvalue weighted by Crippen LogP contribution is -2.41. The highest BCUT2D eigenvalue weighted by Gasteiger charge is 2.30. The van der Waals surface area contributed by atoms with Crippen molar-refractivity contribution in [2.45, 2.75) is 56.5 Å². The minimum Gasteiger partial charge on any atom is -0.349 e. The second-order valence-corrected chi connectivity index (χ2v) is 10.7. The van der Waals surface area contributed by atoms with Crippen molar-refractivity contribution in [3.05, 3.63) is 78.0 Å². The number of sulfonamides is 1. The third-order valence-corrected chi connectivity index (χ3v) is 7.91. The van der Waals surface area contributed by atoms with Crippen molar-refractivity contribution in [2.24, 2.45) is 5.92 Å². The molecule has 4 rings (SSSR count). The predicted molar refractivity (Wildman–Crippen MR) is 131 cm³/mol. The van der Waals surface area contributed by atoms with E-state index in [9.17, 15) is 17.6 Å². The lowest BCUT2D eigenvalue weighted by atomic mass is 9.85. The number of carbonyl (C=O) groups excluding carboxylic acids is 1. The van der Waals surface area contributed by atoms with Gasteiger partial charge in [-0.1, -0.05) is 12.1 Å². The summed E-state index contributed by atoms with van der Waals surface area (Å²) in [6.07, 6.45) is 5.39. The van der Waals surface area contributed by atoms with Gasteiger partial charge in [0.1, 0.15) is 10.7 Å². The van der Waals surface area contributed by atoms with Crippen molar-refractivity contribution in [1.29, 1.82) is 0 Å². The van der Waals surface area contributed by atoms with E-state index in [4.69, 9.17) is 0 Å². The molecule has 1 aliphatic carbocycles. The van der Waals surface area contributed by atoms with Gasteiger partial charge in [0.2, 0.25) is 15.9 Å². The number of rotatable bonds is 7. The average molecular weight is 497 g/mol. The standard InChI is InChI=1S/C26H29FN4O3S/c1-17-3-4-21(15-28-17)25-14-13-24(16-29-25)35(33,34)31-23-11-7-20(8-12-23)26(32)30-18(2)19-5-9-22(27)10-6-19/h3-6,9-10,13-16,18,20,23,31H,7-8,11-12H2,1-2H3,(H,30,32)/t18-,20-,23-/m1/s1. The zero-order valence-corrected chi connectivity index (χ0v) is 20.6. The maximum atomic E-state index is 13.1. The lowest BCUT2D eigenvalue weighted by molar-refractivity contribution is -0.126. The molecule has 1 saturated carbocycles. The van der Waals surface area contributed by atoms with Crippen LogP contribution < -0.4 is 10.0 Å². The zero-order valence-electron chi connectivity index (χ0n) is 19.7. The van der Waals surface area contributed by atoms with Gasteiger partial charge in [0.15, 0.2) is 0 Å². The second kappa shape index (κ2) is 10.6. The molecule has 1 atom stereocenters. The number of pyridine rings is 2. The second-order valence-electron chi connectivity index (χ2n) is 9.02. The molecule has 2 heterocycles. The first-order chi connectivity index (χ1) is 16.7. The van der Waals surface area contributed by atoms with Crippen LogP contribution in [0.1, 0.15) is 49.9 Å². The van der Waals surface area contributed by atoms with Crippen LogP contribution in [0.5, 0.6) is 0 Å². The number of aryl methyl sites for hydroxylation is 1. The molecule has 184 valence electrons. The van der Waals surface area contributed by atoms with Crippen molar-refractivity contribution in [3.63, 3.8) is 0 Å². The number of hydrogen-bond acceptors (Lipinski definition) is 5. The molecule has 0 radical (unpaired) electrons. The number of aromatic nitrogens is 2. The third-order valence-electron chi connectivity index (χ3n) is 6.40. The summed E-state index contributed by atoms with van der Waals surface area (Å²) in [6.45, 7) is 3.76. The lowest BCUT2D eigenvalue weighted by Gasteiger charge is -2.29. The van der Waals surface area contributed by atoms with Crippen LogP contribution in [0.4, 0.5) is 4.39 Å². The largest absolute Gasteiger partial charge is 0.349 e. The first kappa shape index (κ1) is 24.9. The Hall–Kier alpha value is -3.17. The van der Waals surface area contributed by atoms with Gasteiger partial charge in [-0.2, -0.15) is 0 Å². The van der Waals surface area contributed by atoms with E-state index >= 15 is 0 Å². The van der Waals surface area contributed by atoms with Gasteiger partial charge in [0.25, 0.3) is 0 Å². The van der Waals surface area contributed by atoms with Crippen molar-refractivity contribution < 1.29 is 17.6 Å². The molecule has 0 bridgehead atoms. The smallest absolute Gasteiger partial charge is 0.242 e. The van der Waals surface area contributed by atoms with E-state index in [1.54, 1.807) is 30.5 Å². The first-order valence-corrected chi connectivity index (χ1v) is 13.2. The number of amides is 1. The molecule has 9 heteroatoms. The van der Waals surface area contributed by atoms with E-state index < -0.39 is 10.0 Å². The van der Waals surface area contributed by atoms with E-state index in [2.05, 4.69) is 20.0 Å². The van der Waals surface area contributed by atoms with Crippen LogP contribution in [0.2, 0.25) is 0 Å². The highest BCUT2D eigenvalue weighted by atomic mass is 32.2. The fourth-order valence-electron chi connectivity index (χ4n) is 4.26. The summed E-state index contributed by atoms with van der Waals surface area (Å²) < 4.78 is 41.6. The molecule has 1 aliphatic rings. The summed E-state index contributed by atoms with van der Waals surface area (Å²) in [7, 11) is -3.72. The number of nitrogens with one attached hydrogen (secondary N) is 2. The van der Waals surface area contributed by atoms with E-state index in [-0.39, 0.29) is 34.6 Å². The molecule has 2 N–H and O–H groups in total.